The lowest BCUT2D eigenvalue weighted by molar-refractivity contribution is -0.139. The number of carbonyl (C=O) groups is 3. The molecule has 0 spiro atoms. The molecule has 0 aliphatic rings. The summed E-state index contributed by atoms with van der Waals surface area (Å²) in [6, 6.07) is 11.0. The van der Waals surface area contributed by atoms with Crippen LogP contribution in [0, 0.1) is 13.8 Å². The monoisotopic (exact) mass is 427 g/mol. The molecule has 0 saturated heterocycles. The molecule has 8 nitrogen and oxygen atoms in total. The maximum Gasteiger partial charge on any atom is 0.328 e. The van der Waals surface area contributed by atoms with Crippen LogP contribution in [0.25, 0.3) is 0 Å². The first-order valence-electron chi connectivity index (χ1n) is 10.0. The number of benzene rings is 2. The topological polar surface area (TPSA) is 117 Å². The van der Waals surface area contributed by atoms with Crippen molar-refractivity contribution in [2.24, 2.45) is 0 Å². The van der Waals surface area contributed by atoms with Crippen molar-refractivity contribution in [3.05, 3.63) is 64.7 Å². The second kappa shape index (κ2) is 11.0. The Hall–Kier alpha value is -3.55. The highest BCUT2D eigenvalue weighted by Crippen LogP contribution is 2.23. The Morgan fingerprint density at radius 3 is 2.16 bits per heavy atom. The predicted molar refractivity (Wildman–Crippen MR) is 117 cm³/mol. The third-order valence-electron chi connectivity index (χ3n) is 4.47. The van der Waals surface area contributed by atoms with Crippen LogP contribution in [0.1, 0.15) is 40.9 Å². The molecule has 31 heavy (non-hydrogen) atoms. The number of carboxylic acid groups (broad SMARTS) is 1. The van der Waals surface area contributed by atoms with E-state index in [2.05, 4.69) is 16.0 Å². The Morgan fingerprint density at radius 1 is 1.00 bits per heavy atom. The second-order valence-corrected chi connectivity index (χ2v) is 7.51. The summed E-state index contributed by atoms with van der Waals surface area (Å²) in [6.07, 6.45) is -0.00557. The zero-order chi connectivity index (χ0) is 23.0. The molecule has 2 rings (SSSR count). The molecule has 0 radical (unpaired) electrons. The maximum absolute atomic E-state index is 12.7. The van der Waals surface area contributed by atoms with Gasteiger partial charge in [-0.2, -0.15) is 0 Å². The zero-order valence-electron chi connectivity index (χ0n) is 18.2. The van der Waals surface area contributed by atoms with E-state index in [-0.39, 0.29) is 12.6 Å². The van der Waals surface area contributed by atoms with Gasteiger partial charge in [-0.3, -0.25) is 4.79 Å². The highest BCUT2D eigenvalue weighted by Gasteiger charge is 2.23. The summed E-state index contributed by atoms with van der Waals surface area (Å²) in [7, 11) is 0. The fourth-order valence-corrected chi connectivity index (χ4v) is 3.09. The summed E-state index contributed by atoms with van der Waals surface area (Å²) in [5.41, 5.74) is 2.64. The summed E-state index contributed by atoms with van der Waals surface area (Å²) in [5.74, 6) is -1.12. The summed E-state index contributed by atoms with van der Waals surface area (Å²) in [6.45, 7) is 7.39. The highest BCUT2D eigenvalue weighted by atomic mass is 16.5. The predicted octanol–water partition coefficient (Wildman–Crippen LogP) is 2.77. The van der Waals surface area contributed by atoms with Crippen LogP contribution in [-0.4, -0.2) is 41.7 Å². The van der Waals surface area contributed by atoms with E-state index < -0.39 is 23.9 Å². The molecule has 8 heteroatoms. The Bertz CT molecular complexity index is 905. The van der Waals surface area contributed by atoms with Crippen LogP contribution in [0.4, 0.5) is 4.79 Å². The van der Waals surface area contributed by atoms with Gasteiger partial charge in [0, 0.05) is 12.1 Å². The quantitative estimate of drug-likeness (QED) is 0.491. The number of carboxylic acids is 1. The smallest absolute Gasteiger partial charge is 0.328 e. The van der Waals surface area contributed by atoms with Crippen molar-refractivity contribution in [3.8, 4) is 5.75 Å². The van der Waals surface area contributed by atoms with Gasteiger partial charge in [0.25, 0.3) is 5.91 Å². The number of rotatable bonds is 9. The molecule has 1 atom stereocenters. The molecule has 1 unspecified atom stereocenters. The summed E-state index contributed by atoms with van der Waals surface area (Å²) < 4.78 is 5.67. The molecule has 0 fully saturated rings. The molecule has 2 aromatic carbocycles. The molecule has 0 aromatic heterocycles. The molecule has 0 aliphatic heterocycles. The Balaban J connectivity index is 1.97. The third kappa shape index (κ3) is 7.33. The van der Waals surface area contributed by atoms with Gasteiger partial charge >= 0.3 is 12.0 Å². The number of carbonyl (C=O) groups excluding carboxylic acids is 2. The van der Waals surface area contributed by atoms with E-state index in [0.29, 0.717) is 29.0 Å². The number of hydrogen-bond donors (Lipinski definition) is 4. The van der Waals surface area contributed by atoms with Crippen molar-refractivity contribution < 1.29 is 24.2 Å². The van der Waals surface area contributed by atoms with Gasteiger partial charge in [0.2, 0.25) is 0 Å². The van der Waals surface area contributed by atoms with Gasteiger partial charge in [-0.15, -0.1) is 0 Å². The zero-order valence-corrected chi connectivity index (χ0v) is 18.2. The Labute approximate surface area is 182 Å². The molecule has 0 heterocycles. The lowest BCUT2D eigenvalue weighted by atomic mass is 10.0. The van der Waals surface area contributed by atoms with Gasteiger partial charge in [-0.25, -0.2) is 9.59 Å². The van der Waals surface area contributed by atoms with Crippen molar-refractivity contribution in [1.82, 2.24) is 16.0 Å². The van der Waals surface area contributed by atoms with Crippen molar-refractivity contribution >= 4 is 17.9 Å². The van der Waals surface area contributed by atoms with Crippen LogP contribution in [0.15, 0.2) is 42.5 Å². The SMILES string of the molecule is Cc1cc(OC(C)C)cc(C)c1C(=O)NC(CNC(=O)NCc1ccccc1)C(=O)O. The lowest BCUT2D eigenvalue weighted by Gasteiger charge is -2.19. The molecular weight excluding hydrogens is 398 g/mol. The van der Waals surface area contributed by atoms with Crippen molar-refractivity contribution in [2.45, 2.75) is 46.4 Å². The first-order chi connectivity index (χ1) is 14.7. The first-order valence-corrected chi connectivity index (χ1v) is 10.0. The summed E-state index contributed by atoms with van der Waals surface area (Å²) >= 11 is 0. The van der Waals surface area contributed by atoms with E-state index >= 15 is 0 Å². The van der Waals surface area contributed by atoms with Gasteiger partial charge in [-0.1, -0.05) is 30.3 Å². The Kier molecular flexibility index (Phi) is 8.43. The number of aliphatic carboxylic acids is 1. The van der Waals surface area contributed by atoms with Gasteiger partial charge in [0.15, 0.2) is 0 Å². The van der Waals surface area contributed by atoms with Gasteiger partial charge in [0.1, 0.15) is 11.8 Å². The van der Waals surface area contributed by atoms with E-state index in [4.69, 9.17) is 4.74 Å². The fraction of sp³-hybridized carbons (Fsp3) is 0.348. The highest BCUT2D eigenvalue weighted by molar-refractivity contribution is 5.99. The lowest BCUT2D eigenvalue weighted by Crippen LogP contribution is -2.50. The van der Waals surface area contributed by atoms with Crippen LogP contribution in [0.3, 0.4) is 0 Å². The molecule has 4 N–H and O–H groups in total. The number of aryl methyl sites for hydroxylation is 2. The molecule has 0 bridgehead atoms. The molecule has 2 aromatic rings. The van der Waals surface area contributed by atoms with Gasteiger partial charge < -0.3 is 25.8 Å². The minimum absolute atomic E-state index is 0.00557. The number of nitrogens with one attached hydrogen (secondary N) is 3. The second-order valence-electron chi connectivity index (χ2n) is 7.51. The van der Waals surface area contributed by atoms with E-state index in [0.717, 1.165) is 5.56 Å². The normalized spacial score (nSPS) is 11.5. The third-order valence-corrected chi connectivity index (χ3v) is 4.47. The van der Waals surface area contributed by atoms with Gasteiger partial charge in [0.05, 0.1) is 12.6 Å². The Morgan fingerprint density at radius 2 is 1.61 bits per heavy atom. The van der Waals surface area contributed by atoms with Crippen molar-refractivity contribution in [2.75, 3.05) is 6.54 Å². The summed E-state index contributed by atoms with van der Waals surface area (Å²) in [5, 5.41) is 17.1. The van der Waals surface area contributed by atoms with Gasteiger partial charge in [-0.05, 0) is 56.5 Å². The van der Waals surface area contributed by atoms with Crippen LogP contribution in [0.5, 0.6) is 5.75 Å². The van der Waals surface area contributed by atoms with Crippen LogP contribution < -0.4 is 20.7 Å². The number of urea groups is 1. The van der Waals surface area contributed by atoms with E-state index in [1.54, 1.807) is 26.0 Å². The molecule has 0 saturated carbocycles. The molecule has 3 amide bonds. The number of hydrogen-bond acceptors (Lipinski definition) is 4. The fourth-order valence-electron chi connectivity index (χ4n) is 3.09. The van der Waals surface area contributed by atoms with Crippen molar-refractivity contribution in [1.29, 1.82) is 0 Å². The minimum Gasteiger partial charge on any atom is -0.491 e. The molecule has 0 aliphatic carbocycles. The number of amides is 3. The number of ether oxygens (including phenoxy) is 1. The first kappa shape index (κ1) is 23.7. The largest absolute Gasteiger partial charge is 0.491 e. The molecule has 166 valence electrons. The molecular formula is C23H29N3O5. The maximum atomic E-state index is 12.7. The summed E-state index contributed by atoms with van der Waals surface area (Å²) in [4.78, 5) is 36.3. The van der Waals surface area contributed by atoms with Crippen LogP contribution in [-0.2, 0) is 11.3 Å². The minimum atomic E-state index is -1.28. The standard InChI is InChI=1S/C23H29N3O5/c1-14(2)31-18-10-15(3)20(16(4)11-18)21(27)26-19(22(28)29)13-25-23(30)24-12-17-8-6-5-7-9-17/h5-11,14,19H,12-13H2,1-4H3,(H,26,27)(H,28,29)(H2,24,25,30). The average Bonchev–Trinajstić information content (AvgIpc) is 2.69. The van der Waals surface area contributed by atoms with E-state index in [1.807, 2.05) is 44.2 Å². The van der Waals surface area contributed by atoms with E-state index in [1.165, 1.54) is 0 Å². The van der Waals surface area contributed by atoms with Crippen molar-refractivity contribution in [3.63, 3.8) is 0 Å². The van der Waals surface area contributed by atoms with E-state index in [9.17, 15) is 19.5 Å². The van der Waals surface area contributed by atoms with Crippen LogP contribution in [0.2, 0.25) is 0 Å². The average molecular weight is 428 g/mol. The van der Waals surface area contributed by atoms with Crippen LogP contribution >= 0.6 is 0 Å².